The first-order valence-electron chi connectivity index (χ1n) is 7.68. The Morgan fingerprint density at radius 2 is 1.71 bits per heavy atom. The summed E-state index contributed by atoms with van der Waals surface area (Å²) in [6.07, 6.45) is 1.76. The molecule has 122 valence electrons. The highest BCUT2D eigenvalue weighted by Crippen LogP contribution is 2.39. The first-order chi connectivity index (χ1) is 11.5. The highest BCUT2D eigenvalue weighted by molar-refractivity contribution is 7.99. The summed E-state index contributed by atoms with van der Waals surface area (Å²) >= 11 is 1.47. The molecule has 2 aromatic carbocycles. The Balaban J connectivity index is 2.26. The number of hydrogen-bond donors (Lipinski definition) is 0. The molecule has 1 nitrogen and oxygen atoms in total. The maximum absolute atomic E-state index is 13.8. The maximum Gasteiger partial charge on any atom is 0.124 e. The fraction of sp³-hybridized carbons (Fsp3) is 0.150. The van der Waals surface area contributed by atoms with Gasteiger partial charge in [0.05, 0.1) is 11.2 Å². The zero-order valence-electron chi connectivity index (χ0n) is 13.5. The minimum absolute atomic E-state index is 0.208. The topological polar surface area (TPSA) is 12.9 Å². The van der Waals surface area contributed by atoms with Crippen molar-refractivity contribution < 1.29 is 8.78 Å². The second-order valence-corrected chi connectivity index (χ2v) is 6.90. The van der Waals surface area contributed by atoms with Gasteiger partial charge in [-0.3, -0.25) is 4.98 Å². The Kier molecular flexibility index (Phi) is 4.67. The van der Waals surface area contributed by atoms with Gasteiger partial charge in [-0.25, -0.2) is 8.78 Å². The van der Waals surface area contributed by atoms with E-state index in [0.717, 1.165) is 32.0 Å². The van der Waals surface area contributed by atoms with Crippen molar-refractivity contribution in [3.05, 3.63) is 71.9 Å². The van der Waals surface area contributed by atoms with E-state index in [4.69, 9.17) is 4.98 Å². The predicted molar refractivity (Wildman–Crippen MR) is 96.4 cm³/mol. The van der Waals surface area contributed by atoms with Gasteiger partial charge in [-0.05, 0) is 48.4 Å². The van der Waals surface area contributed by atoms with Crippen molar-refractivity contribution in [1.82, 2.24) is 4.98 Å². The lowest BCUT2D eigenvalue weighted by Gasteiger charge is -2.16. The summed E-state index contributed by atoms with van der Waals surface area (Å²) in [5, 5.41) is 0.739. The first-order valence-corrected chi connectivity index (χ1v) is 8.50. The molecular weight excluding hydrogens is 324 g/mol. The number of nitrogens with zero attached hydrogens (tertiary/aromatic N) is 1. The fourth-order valence-corrected chi connectivity index (χ4v) is 3.69. The summed E-state index contributed by atoms with van der Waals surface area (Å²) in [7, 11) is 0. The summed E-state index contributed by atoms with van der Waals surface area (Å²) < 4.78 is 27.0. The largest absolute Gasteiger partial charge is 0.252 e. The van der Waals surface area contributed by atoms with Crippen molar-refractivity contribution in [2.24, 2.45) is 0 Å². The summed E-state index contributed by atoms with van der Waals surface area (Å²) in [6.45, 7) is 8.05. The summed E-state index contributed by atoms with van der Waals surface area (Å²) in [5.41, 5.74) is 2.57. The Bertz CT molecular complexity index is 902. The van der Waals surface area contributed by atoms with Crippen LogP contribution in [0.5, 0.6) is 0 Å². The summed E-state index contributed by atoms with van der Waals surface area (Å²) in [5.74, 6) is -0.380. The number of benzene rings is 2. The van der Waals surface area contributed by atoms with Crippen molar-refractivity contribution in [2.75, 3.05) is 0 Å². The highest BCUT2D eigenvalue weighted by atomic mass is 32.2. The Hall–Kier alpha value is -2.20. The van der Waals surface area contributed by atoms with Gasteiger partial charge < -0.3 is 0 Å². The third-order valence-corrected chi connectivity index (χ3v) is 4.90. The van der Waals surface area contributed by atoms with E-state index in [1.54, 1.807) is 24.3 Å². The molecule has 0 fully saturated rings. The van der Waals surface area contributed by atoms with E-state index >= 15 is 0 Å². The molecule has 0 spiro atoms. The molecule has 24 heavy (non-hydrogen) atoms. The van der Waals surface area contributed by atoms with Gasteiger partial charge in [-0.15, -0.1) is 0 Å². The van der Waals surface area contributed by atoms with E-state index in [1.165, 1.54) is 36.0 Å². The van der Waals surface area contributed by atoms with Crippen molar-refractivity contribution >= 4 is 28.7 Å². The number of fused-ring (bicyclic) bond motifs is 1. The normalized spacial score (nSPS) is 11.2. The molecule has 3 rings (SSSR count). The highest BCUT2D eigenvalue weighted by Gasteiger charge is 2.17. The van der Waals surface area contributed by atoms with Crippen LogP contribution in [-0.4, -0.2) is 4.98 Å². The molecule has 0 unspecified atom stereocenters. The zero-order valence-corrected chi connectivity index (χ0v) is 14.3. The van der Waals surface area contributed by atoms with Crippen molar-refractivity contribution in [3.8, 4) is 0 Å². The third kappa shape index (κ3) is 3.20. The quantitative estimate of drug-likeness (QED) is 0.542. The monoisotopic (exact) mass is 341 g/mol. The maximum atomic E-state index is 13.8. The van der Waals surface area contributed by atoms with Crippen LogP contribution in [-0.2, 0) is 0 Å². The third-order valence-electron chi connectivity index (χ3n) is 3.75. The van der Waals surface area contributed by atoms with Crippen LogP contribution in [0.25, 0.3) is 17.0 Å². The van der Waals surface area contributed by atoms with Gasteiger partial charge in [-0.2, -0.15) is 0 Å². The van der Waals surface area contributed by atoms with Crippen LogP contribution in [0.15, 0.2) is 58.8 Å². The molecule has 0 saturated heterocycles. The van der Waals surface area contributed by atoms with Crippen molar-refractivity contribution in [1.29, 1.82) is 0 Å². The molecule has 0 saturated carbocycles. The van der Waals surface area contributed by atoms with Gasteiger partial charge in [0.25, 0.3) is 0 Å². The van der Waals surface area contributed by atoms with Gasteiger partial charge in [0.15, 0.2) is 0 Å². The molecule has 1 heterocycles. The molecule has 0 radical (unpaired) electrons. The molecule has 4 heteroatoms. The molecule has 0 bridgehead atoms. The molecule has 0 amide bonds. The van der Waals surface area contributed by atoms with Gasteiger partial charge in [0.1, 0.15) is 11.6 Å². The van der Waals surface area contributed by atoms with Crippen molar-refractivity contribution in [2.45, 2.75) is 29.6 Å². The standard InChI is InChI=1S/C20H17F2NS/c1-4-16-19(12(2)3)23-18-10-7-14(22)11-17(18)20(16)24-15-8-5-13(21)6-9-15/h4-12H,1H2,2-3H3. The summed E-state index contributed by atoms with van der Waals surface area (Å²) in [4.78, 5) is 6.47. The molecule has 0 aliphatic carbocycles. The van der Waals surface area contributed by atoms with Crippen LogP contribution in [0, 0.1) is 11.6 Å². The molecule has 1 aromatic heterocycles. The van der Waals surface area contributed by atoms with Crippen LogP contribution in [0.3, 0.4) is 0 Å². The van der Waals surface area contributed by atoms with E-state index < -0.39 is 0 Å². The van der Waals surface area contributed by atoms with Crippen LogP contribution in [0.1, 0.15) is 31.0 Å². The molecule has 0 atom stereocenters. The summed E-state index contributed by atoms with van der Waals surface area (Å²) in [6, 6.07) is 10.9. The van der Waals surface area contributed by atoms with E-state index in [-0.39, 0.29) is 17.6 Å². The lowest BCUT2D eigenvalue weighted by atomic mass is 10.0. The van der Waals surface area contributed by atoms with E-state index in [0.29, 0.717) is 0 Å². The van der Waals surface area contributed by atoms with E-state index in [2.05, 4.69) is 20.4 Å². The number of pyridine rings is 1. The molecule has 0 aliphatic heterocycles. The molecule has 0 N–H and O–H groups in total. The Morgan fingerprint density at radius 1 is 1.04 bits per heavy atom. The minimum atomic E-state index is -0.308. The smallest absolute Gasteiger partial charge is 0.124 e. The number of hydrogen-bond acceptors (Lipinski definition) is 2. The van der Waals surface area contributed by atoms with Gasteiger partial charge in [0, 0.05) is 20.7 Å². The minimum Gasteiger partial charge on any atom is -0.252 e. The lowest BCUT2D eigenvalue weighted by molar-refractivity contribution is 0.626. The zero-order chi connectivity index (χ0) is 17.3. The molecule has 0 aliphatic rings. The van der Waals surface area contributed by atoms with E-state index in [1.807, 2.05) is 0 Å². The average Bonchev–Trinajstić information content (AvgIpc) is 2.56. The Morgan fingerprint density at radius 3 is 2.33 bits per heavy atom. The fourth-order valence-electron chi connectivity index (χ4n) is 2.61. The van der Waals surface area contributed by atoms with Gasteiger partial charge in [0.2, 0.25) is 0 Å². The average molecular weight is 341 g/mol. The first kappa shape index (κ1) is 16.7. The van der Waals surface area contributed by atoms with E-state index in [9.17, 15) is 8.78 Å². The molecule has 3 aromatic rings. The van der Waals surface area contributed by atoms with Crippen LogP contribution in [0.4, 0.5) is 8.78 Å². The lowest BCUT2D eigenvalue weighted by Crippen LogP contribution is -2.00. The SMILES string of the molecule is C=Cc1c(C(C)C)nc2ccc(F)cc2c1Sc1ccc(F)cc1. The predicted octanol–water partition coefficient (Wildman–Crippen LogP) is 6.43. The number of halogens is 2. The van der Waals surface area contributed by atoms with Crippen LogP contribution in [0.2, 0.25) is 0 Å². The Labute approximate surface area is 144 Å². The second kappa shape index (κ2) is 6.73. The number of rotatable bonds is 4. The second-order valence-electron chi connectivity index (χ2n) is 5.82. The number of aromatic nitrogens is 1. The van der Waals surface area contributed by atoms with Gasteiger partial charge >= 0.3 is 0 Å². The van der Waals surface area contributed by atoms with Crippen molar-refractivity contribution in [3.63, 3.8) is 0 Å². The van der Waals surface area contributed by atoms with Crippen LogP contribution >= 0.6 is 11.8 Å². The van der Waals surface area contributed by atoms with Gasteiger partial charge in [-0.1, -0.05) is 38.3 Å². The molecular formula is C20H17F2NS. The van der Waals surface area contributed by atoms with Crippen LogP contribution < -0.4 is 0 Å².